The van der Waals surface area contributed by atoms with Gasteiger partial charge in [0.15, 0.2) is 5.82 Å². The Kier molecular flexibility index (Phi) is 9.42. The Bertz CT molecular complexity index is 1450. The second-order valence-electron chi connectivity index (χ2n) is 12.7. The Morgan fingerprint density at radius 1 is 1.02 bits per heavy atom. The lowest BCUT2D eigenvalue weighted by Gasteiger charge is -2.35. The highest BCUT2D eigenvalue weighted by Crippen LogP contribution is 2.36. The molecule has 0 spiro atoms. The molecule has 2 aromatic heterocycles. The summed E-state index contributed by atoms with van der Waals surface area (Å²) in [6.07, 6.45) is -1.58. The standard InChI is InChI=1S/C31H38F3N7O4/c1-30(2,3)45-29(44)41-23(10-12-25(41)26(42)21-7-5-4-6-8-21)17-20-9-11-24(35-18-20)28(43)39-15-13-22(14-16-39)27-36-37-38-40(27)19-31(32,33)34/h4-9,11,18,22-23,25-26,42H,10,12-17,19H2,1-3H3/t23-,25?,26+/m0/s1. The topological polar surface area (TPSA) is 127 Å². The average Bonchev–Trinajstić information content (AvgIpc) is 3.62. The molecule has 3 atom stereocenters. The first-order valence-electron chi connectivity index (χ1n) is 15.1. The molecule has 3 aromatic rings. The van der Waals surface area contributed by atoms with E-state index < -0.39 is 36.6 Å². The van der Waals surface area contributed by atoms with Crippen molar-refractivity contribution >= 4 is 12.0 Å². The number of amides is 2. The van der Waals surface area contributed by atoms with Crippen LogP contribution in [0.3, 0.4) is 0 Å². The number of hydrogen-bond acceptors (Lipinski definition) is 8. The number of aliphatic hydroxyl groups is 1. The maximum Gasteiger partial charge on any atom is 0.410 e. The van der Waals surface area contributed by atoms with E-state index in [1.54, 1.807) is 42.8 Å². The number of pyridine rings is 1. The zero-order valence-electron chi connectivity index (χ0n) is 25.5. The summed E-state index contributed by atoms with van der Waals surface area (Å²) in [5.74, 6) is -0.379. The van der Waals surface area contributed by atoms with Crippen molar-refractivity contribution in [1.82, 2.24) is 35.0 Å². The van der Waals surface area contributed by atoms with Gasteiger partial charge in [-0.2, -0.15) is 13.2 Å². The van der Waals surface area contributed by atoms with Crippen LogP contribution in [0.2, 0.25) is 0 Å². The molecule has 1 unspecified atom stereocenters. The summed E-state index contributed by atoms with van der Waals surface area (Å²) in [5.41, 5.74) is 1.11. The summed E-state index contributed by atoms with van der Waals surface area (Å²) in [6, 6.07) is 12.0. The number of nitrogens with zero attached hydrogens (tertiary/aromatic N) is 7. The Labute approximate surface area is 259 Å². The predicted octanol–water partition coefficient (Wildman–Crippen LogP) is 4.69. The number of hydrogen-bond donors (Lipinski definition) is 1. The molecule has 11 nitrogen and oxygen atoms in total. The third kappa shape index (κ3) is 7.96. The fraction of sp³-hybridized carbons (Fsp3) is 0.548. The van der Waals surface area contributed by atoms with Crippen molar-refractivity contribution in [3.05, 3.63) is 71.3 Å². The predicted molar refractivity (Wildman–Crippen MR) is 156 cm³/mol. The van der Waals surface area contributed by atoms with Crippen molar-refractivity contribution in [3.63, 3.8) is 0 Å². The summed E-state index contributed by atoms with van der Waals surface area (Å²) in [4.78, 5) is 34.3. The number of aliphatic hydroxyl groups excluding tert-OH is 1. The number of tetrazole rings is 1. The zero-order valence-corrected chi connectivity index (χ0v) is 25.5. The summed E-state index contributed by atoms with van der Waals surface area (Å²) in [5, 5.41) is 21.9. The van der Waals surface area contributed by atoms with Crippen LogP contribution in [0.1, 0.15) is 85.9 Å². The number of benzene rings is 1. The molecule has 2 amide bonds. The molecule has 0 bridgehead atoms. The number of ether oxygens (including phenoxy) is 1. The van der Waals surface area contributed by atoms with Crippen LogP contribution in [-0.2, 0) is 17.7 Å². The SMILES string of the molecule is CC(C)(C)OC(=O)N1C([C@H](O)c2ccccc2)CC[C@H]1Cc1ccc(C(=O)N2CCC(c3nnnn3CC(F)(F)F)CC2)nc1. The molecule has 2 aliphatic heterocycles. The Morgan fingerprint density at radius 3 is 2.36 bits per heavy atom. The molecule has 2 saturated heterocycles. The van der Waals surface area contributed by atoms with Gasteiger partial charge in [-0.15, -0.1) is 5.10 Å². The molecule has 0 aliphatic carbocycles. The average molecular weight is 630 g/mol. The molecule has 242 valence electrons. The smallest absolute Gasteiger partial charge is 0.410 e. The second-order valence-corrected chi connectivity index (χ2v) is 12.7. The zero-order chi connectivity index (χ0) is 32.4. The molecule has 0 radical (unpaired) electrons. The van der Waals surface area contributed by atoms with Gasteiger partial charge in [0.25, 0.3) is 5.91 Å². The van der Waals surface area contributed by atoms with Crippen LogP contribution in [-0.4, -0.2) is 89.0 Å². The summed E-state index contributed by atoms with van der Waals surface area (Å²) in [6.45, 7) is 4.83. The van der Waals surface area contributed by atoms with Crippen molar-refractivity contribution in [3.8, 4) is 0 Å². The van der Waals surface area contributed by atoms with Crippen molar-refractivity contribution in [2.45, 2.75) is 95.3 Å². The lowest BCUT2D eigenvalue weighted by atomic mass is 9.95. The number of likely N-dealkylation sites (tertiary alicyclic amines) is 2. The van der Waals surface area contributed by atoms with Crippen LogP contribution in [0, 0.1) is 0 Å². The maximum absolute atomic E-state index is 13.4. The molecule has 14 heteroatoms. The van der Waals surface area contributed by atoms with E-state index in [1.807, 2.05) is 36.4 Å². The Balaban J connectivity index is 1.22. The van der Waals surface area contributed by atoms with E-state index in [4.69, 9.17) is 4.74 Å². The minimum absolute atomic E-state index is 0.174. The van der Waals surface area contributed by atoms with Gasteiger partial charge in [0.2, 0.25) is 0 Å². The van der Waals surface area contributed by atoms with Gasteiger partial charge in [0, 0.05) is 31.2 Å². The molecule has 5 rings (SSSR count). The van der Waals surface area contributed by atoms with Gasteiger partial charge in [-0.25, -0.2) is 9.48 Å². The fourth-order valence-corrected chi connectivity index (χ4v) is 6.13. The van der Waals surface area contributed by atoms with Gasteiger partial charge in [-0.05, 0) is 80.5 Å². The van der Waals surface area contributed by atoms with Crippen LogP contribution >= 0.6 is 0 Å². The first kappa shape index (κ1) is 32.3. The number of aromatic nitrogens is 5. The van der Waals surface area contributed by atoms with E-state index in [2.05, 4.69) is 20.5 Å². The molecule has 0 saturated carbocycles. The summed E-state index contributed by atoms with van der Waals surface area (Å²) in [7, 11) is 0. The minimum atomic E-state index is -4.43. The van der Waals surface area contributed by atoms with Crippen molar-refractivity contribution < 1.29 is 32.6 Å². The number of piperidine rings is 1. The first-order valence-corrected chi connectivity index (χ1v) is 15.1. The van der Waals surface area contributed by atoms with E-state index >= 15 is 0 Å². The normalized spacial score (nSPS) is 20.3. The molecule has 4 heterocycles. The van der Waals surface area contributed by atoms with E-state index in [0.717, 1.165) is 15.8 Å². The van der Waals surface area contributed by atoms with Gasteiger partial charge in [0.1, 0.15) is 17.8 Å². The highest BCUT2D eigenvalue weighted by atomic mass is 19.4. The molecule has 2 fully saturated rings. The number of carbonyl (C=O) groups excluding carboxylic acids is 2. The van der Waals surface area contributed by atoms with Crippen molar-refractivity contribution in [1.29, 1.82) is 0 Å². The largest absolute Gasteiger partial charge is 0.444 e. The molecule has 1 N–H and O–H groups in total. The van der Waals surface area contributed by atoms with Gasteiger partial charge in [-0.1, -0.05) is 36.4 Å². The van der Waals surface area contributed by atoms with Gasteiger partial charge >= 0.3 is 12.3 Å². The Morgan fingerprint density at radius 2 is 1.73 bits per heavy atom. The van der Waals surface area contributed by atoms with Gasteiger partial charge in [0.05, 0.1) is 12.1 Å². The number of alkyl halides is 3. The summed E-state index contributed by atoms with van der Waals surface area (Å²) < 4.78 is 45.2. The minimum Gasteiger partial charge on any atom is -0.444 e. The molecule has 45 heavy (non-hydrogen) atoms. The molecule has 1 aromatic carbocycles. The quantitative estimate of drug-likeness (QED) is 0.399. The van der Waals surface area contributed by atoms with Crippen molar-refractivity contribution in [2.24, 2.45) is 0 Å². The fourth-order valence-electron chi connectivity index (χ4n) is 6.13. The molecular formula is C31H38F3N7O4. The van der Waals surface area contributed by atoms with Crippen LogP contribution in [0.15, 0.2) is 48.7 Å². The number of rotatable bonds is 7. The monoisotopic (exact) mass is 629 g/mol. The number of carbonyl (C=O) groups is 2. The third-order valence-corrected chi connectivity index (χ3v) is 8.21. The van der Waals surface area contributed by atoms with Crippen molar-refractivity contribution in [2.75, 3.05) is 13.1 Å². The van der Waals surface area contributed by atoms with Crippen LogP contribution in [0.4, 0.5) is 18.0 Å². The van der Waals surface area contributed by atoms with Crippen LogP contribution < -0.4 is 0 Å². The van der Waals surface area contributed by atoms with E-state index in [0.29, 0.717) is 45.2 Å². The van der Waals surface area contributed by atoms with E-state index in [9.17, 15) is 27.9 Å². The third-order valence-electron chi connectivity index (χ3n) is 8.21. The molecular weight excluding hydrogens is 591 g/mol. The highest BCUT2D eigenvalue weighted by Gasteiger charge is 2.43. The highest BCUT2D eigenvalue weighted by molar-refractivity contribution is 5.92. The summed E-state index contributed by atoms with van der Waals surface area (Å²) >= 11 is 0. The second kappa shape index (κ2) is 13.1. The Hall–Kier alpha value is -4.07. The van der Waals surface area contributed by atoms with E-state index in [1.165, 1.54) is 0 Å². The van der Waals surface area contributed by atoms with Crippen LogP contribution in [0.25, 0.3) is 0 Å². The van der Waals surface area contributed by atoms with Gasteiger partial charge < -0.3 is 14.7 Å². The maximum atomic E-state index is 13.4. The lowest BCUT2D eigenvalue weighted by Crippen LogP contribution is -2.47. The van der Waals surface area contributed by atoms with Gasteiger partial charge in [-0.3, -0.25) is 14.7 Å². The lowest BCUT2D eigenvalue weighted by molar-refractivity contribution is -0.143. The number of halogens is 3. The molecule has 2 aliphatic rings. The van der Waals surface area contributed by atoms with Crippen LogP contribution in [0.5, 0.6) is 0 Å². The first-order chi connectivity index (χ1) is 21.3. The van der Waals surface area contributed by atoms with E-state index in [-0.39, 0.29) is 29.4 Å².